The first kappa shape index (κ1) is 13.9. The molecule has 0 unspecified atom stereocenters. The number of nitrogens with two attached hydrogens (primary N) is 1. The molecule has 1 aromatic rings. The van der Waals surface area contributed by atoms with Crippen LogP contribution in [0.3, 0.4) is 0 Å². The summed E-state index contributed by atoms with van der Waals surface area (Å²) in [6.45, 7) is 4.49. The summed E-state index contributed by atoms with van der Waals surface area (Å²) in [4.78, 5) is 14.4. The third-order valence-corrected chi connectivity index (χ3v) is 3.54. The molecule has 5 nitrogen and oxygen atoms in total. The minimum atomic E-state index is -0.0330. The second-order valence-corrected chi connectivity index (χ2v) is 5.32. The molecule has 1 aliphatic rings. The van der Waals surface area contributed by atoms with Gasteiger partial charge in [-0.25, -0.2) is 0 Å². The first-order valence-corrected chi connectivity index (χ1v) is 7.06. The van der Waals surface area contributed by atoms with Crippen LogP contribution < -0.4 is 11.1 Å². The Hall–Kier alpha value is -1.49. The maximum Gasteiger partial charge on any atom is 0.268 e. The molecule has 1 aliphatic carbocycles. The topological polar surface area (TPSA) is 63.3 Å². The van der Waals surface area contributed by atoms with Gasteiger partial charge in [0, 0.05) is 31.9 Å². The van der Waals surface area contributed by atoms with Gasteiger partial charge >= 0.3 is 0 Å². The van der Waals surface area contributed by atoms with Crippen molar-refractivity contribution in [2.75, 3.05) is 25.9 Å². The molecule has 19 heavy (non-hydrogen) atoms. The lowest BCUT2D eigenvalue weighted by molar-refractivity contribution is 0.0940. The molecule has 0 radical (unpaired) electrons. The molecule has 1 heterocycles. The average molecular weight is 264 g/mol. The molecule has 0 atom stereocenters. The molecular weight excluding hydrogens is 240 g/mol. The normalized spacial score (nSPS) is 14.9. The van der Waals surface area contributed by atoms with Gasteiger partial charge in [0.25, 0.3) is 5.91 Å². The number of nitrogens with zero attached hydrogens (tertiary/aromatic N) is 2. The summed E-state index contributed by atoms with van der Waals surface area (Å²) in [5.41, 5.74) is 7.07. The number of amides is 1. The molecule has 0 aliphatic heterocycles. The molecule has 5 heteroatoms. The average Bonchev–Trinajstić information content (AvgIpc) is 3.14. The number of hydrogen-bond donors (Lipinski definition) is 2. The van der Waals surface area contributed by atoms with Crippen LogP contribution in [0.1, 0.15) is 36.7 Å². The standard InChI is InChI=1S/C14H24N4O/c1-3-7-18-10-11(15)9-13(18)14(19)16-6-8-17(2)12-4-5-12/h9-10,12H,3-8,15H2,1-2H3,(H,16,19). The van der Waals surface area contributed by atoms with Crippen LogP contribution in [0.15, 0.2) is 12.3 Å². The van der Waals surface area contributed by atoms with Crippen LogP contribution in [0.2, 0.25) is 0 Å². The Bertz CT molecular complexity index is 437. The van der Waals surface area contributed by atoms with Gasteiger partial charge < -0.3 is 20.5 Å². The van der Waals surface area contributed by atoms with Crippen molar-refractivity contribution in [3.8, 4) is 0 Å². The second kappa shape index (κ2) is 6.10. The summed E-state index contributed by atoms with van der Waals surface area (Å²) in [6.07, 6.45) is 5.40. The van der Waals surface area contributed by atoms with Gasteiger partial charge in [0.15, 0.2) is 0 Å². The van der Waals surface area contributed by atoms with Crippen molar-refractivity contribution in [1.82, 2.24) is 14.8 Å². The highest BCUT2D eigenvalue weighted by Crippen LogP contribution is 2.24. The zero-order chi connectivity index (χ0) is 13.8. The highest BCUT2D eigenvalue weighted by Gasteiger charge is 2.25. The third-order valence-electron chi connectivity index (χ3n) is 3.54. The number of likely N-dealkylation sites (N-methyl/N-ethyl adjacent to an activating group) is 1. The van der Waals surface area contributed by atoms with E-state index in [2.05, 4.69) is 24.2 Å². The van der Waals surface area contributed by atoms with Gasteiger partial charge in [-0.05, 0) is 32.4 Å². The van der Waals surface area contributed by atoms with Gasteiger partial charge in [-0.1, -0.05) is 6.92 Å². The maximum atomic E-state index is 12.1. The summed E-state index contributed by atoms with van der Waals surface area (Å²) in [5.74, 6) is -0.0330. The Morgan fingerprint density at radius 3 is 2.95 bits per heavy atom. The zero-order valence-electron chi connectivity index (χ0n) is 11.9. The molecule has 0 aromatic carbocycles. The van der Waals surface area contributed by atoms with E-state index in [0.717, 1.165) is 25.6 Å². The van der Waals surface area contributed by atoms with Crippen molar-refractivity contribution in [3.05, 3.63) is 18.0 Å². The van der Waals surface area contributed by atoms with E-state index in [9.17, 15) is 4.79 Å². The van der Waals surface area contributed by atoms with Crippen LogP contribution in [0.4, 0.5) is 5.69 Å². The van der Waals surface area contributed by atoms with E-state index in [1.54, 1.807) is 6.07 Å². The van der Waals surface area contributed by atoms with E-state index < -0.39 is 0 Å². The van der Waals surface area contributed by atoms with Crippen molar-refractivity contribution in [1.29, 1.82) is 0 Å². The summed E-state index contributed by atoms with van der Waals surface area (Å²) in [7, 11) is 2.11. The lowest BCUT2D eigenvalue weighted by Gasteiger charge is -2.16. The Morgan fingerprint density at radius 1 is 1.58 bits per heavy atom. The number of anilines is 1. The van der Waals surface area contributed by atoms with Crippen LogP contribution in [-0.4, -0.2) is 41.6 Å². The highest BCUT2D eigenvalue weighted by atomic mass is 16.1. The quantitative estimate of drug-likeness (QED) is 0.780. The number of nitrogen functional groups attached to an aromatic ring is 1. The highest BCUT2D eigenvalue weighted by molar-refractivity contribution is 5.93. The molecule has 1 amide bonds. The minimum Gasteiger partial charge on any atom is -0.397 e. The monoisotopic (exact) mass is 264 g/mol. The lowest BCUT2D eigenvalue weighted by Crippen LogP contribution is -2.34. The van der Waals surface area contributed by atoms with Gasteiger partial charge in [-0.2, -0.15) is 0 Å². The fourth-order valence-electron chi connectivity index (χ4n) is 2.28. The van der Waals surface area contributed by atoms with E-state index >= 15 is 0 Å². The molecule has 0 spiro atoms. The Morgan fingerprint density at radius 2 is 2.32 bits per heavy atom. The summed E-state index contributed by atoms with van der Waals surface area (Å²) >= 11 is 0. The summed E-state index contributed by atoms with van der Waals surface area (Å²) in [6, 6.07) is 2.48. The minimum absolute atomic E-state index is 0.0330. The maximum absolute atomic E-state index is 12.1. The number of aromatic nitrogens is 1. The van der Waals surface area contributed by atoms with Gasteiger partial charge in [0.05, 0.1) is 5.69 Å². The molecule has 2 rings (SSSR count). The molecule has 1 aromatic heterocycles. The summed E-state index contributed by atoms with van der Waals surface area (Å²) in [5, 5.41) is 2.97. The van der Waals surface area contributed by atoms with Crippen molar-refractivity contribution in [3.63, 3.8) is 0 Å². The molecular formula is C14H24N4O. The SMILES string of the molecule is CCCn1cc(N)cc1C(=O)NCCN(C)C1CC1. The Labute approximate surface area is 114 Å². The van der Waals surface area contributed by atoms with Crippen molar-refractivity contribution in [2.45, 2.75) is 38.8 Å². The van der Waals surface area contributed by atoms with Crippen LogP contribution >= 0.6 is 0 Å². The number of nitrogens with one attached hydrogen (secondary N) is 1. The summed E-state index contributed by atoms with van der Waals surface area (Å²) < 4.78 is 1.93. The number of aryl methyl sites for hydroxylation is 1. The van der Waals surface area contributed by atoms with Crippen LogP contribution in [0.25, 0.3) is 0 Å². The third kappa shape index (κ3) is 3.73. The smallest absolute Gasteiger partial charge is 0.268 e. The van der Waals surface area contributed by atoms with Crippen LogP contribution in [0, 0.1) is 0 Å². The van der Waals surface area contributed by atoms with Crippen LogP contribution in [0.5, 0.6) is 0 Å². The van der Waals surface area contributed by atoms with Gasteiger partial charge in [-0.3, -0.25) is 4.79 Å². The number of carbonyl (C=O) groups is 1. The number of hydrogen-bond acceptors (Lipinski definition) is 3. The van der Waals surface area contributed by atoms with E-state index in [4.69, 9.17) is 5.73 Å². The van der Waals surface area contributed by atoms with E-state index in [1.165, 1.54) is 12.8 Å². The Kier molecular flexibility index (Phi) is 4.47. The molecule has 3 N–H and O–H groups in total. The molecule has 0 saturated heterocycles. The largest absolute Gasteiger partial charge is 0.397 e. The van der Waals surface area contributed by atoms with E-state index in [0.29, 0.717) is 17.9 Å². The van der Waals surface area contributed by atoms with Crippen molar-refractivity contribution in [2.24, 2.45) is 0 Å². The van der Waals surface area contributed by atoms with Crippen LogP contribution in [-0.2, 0) is 6.54 Å². The Balaban J connectivity index is 1.84. The van der Waals surface area contributed by atoms with Gasteiger partial charge in [0.2, 0.25) is 0 Å². The zero-order valence-corrected chi connectivity index (χ0v) is 11.9. The van der Waals surface area contributed by atoms with Crippen molar-refractivity contribution < 1.29 is 4.79 Å². The first-order chi connectivity index (χ1) is 9.11. The predicted molar refractivity (Wildman–Crippen MR) is 77.1 cm³/mol. The van der Waals surface area contributed by atoms with Gasteiger partial charge in [-0.15, -0.1) is 0 Å². The van der Waals surface area contributed by atoms with E-state index in [-0.39, 0.29) is 5.91 Å². The van der Waals surface area contributed by atoms with E-state index in [1.807, 2.05) is 10.8 Å². The fraction of sp³-hybridized carbons (Fsp3) is 0.643. The molecule has 106 valence electrons. The fourth-order valence-corrected chi connectivity index (χ4v) is 2.28. The number of carbonyl (C=O) groups excluding carboxylic acids is 1. The molecule has 1 fully saturated rings. The van der Waals surface area contributed by atoms with Gasteiger partial charge in [0.1, 0.15) is 5.69 Å². The molecule has 0 bridgehead atoms. The van der Waals surface area contributed by atoms with Crippen molar-refractivity contribution >= 4 is 11.6 Å². The first-order valence-electron chi connectivity index (χ1n) is 7.06. The lowest BCUT2D eigenvalue weighted by atomic mass is 10.3. The molecule has 1 saturated carbocycles. The second-order valence-electron chi connectivity index (χ2n) is 5.32. The predicted octanol–water partition coefficient (Wildman–Crippen LogP) is 1.30. The number of rotatable bonds is 7.